The predicted molar refractivity (Wildman–Crippen MR) is 105 cm³/mol. The number of rotatable bonds is 6. The number of hydrogen-bond donors (Lipinski definition) is 3. The highest BCUT2D eigenvalue weighted by molar-refractivity contribution is 9.10. The van der Waals surface area contributed by atoms with Gasteiger partial charge in [0.15, 0.2) is 0 Å². The molecule has 0 atom stereocenters. The van der Waals surface area contributed by atoms with E-state index < -0.39 is 11.7 Å². The van der Waals surface area contributed by atoms with Crippen molar-refractivity contribution in [3.05, 3.63) is 59.7 Å². The van der Waals surface area contributed by atoms with Crippen LogP contribution in [0.5, 0.6) is 0 Å². The first kappa shape index (κ1) is 18.5. The van der Waals surface area contributed by atoms with Crippen LogP contribution in [0.3, 0.4) is 0 Å². The van der Waals surface area contributed by atoms with Crippen molar-refractivity contribution < 1.29 is 9.18 Å². The molecule has 1 amide bonds. The van der Waals surface area contributed by atoms with Gasteiger partial charge in [0, 0.05) is 25.1 Å². The van der Waals surface area contributed by atoms with Crippen molar-refractivity contribution in [3.8, 4) is 0 Å². The third kappa shape index (κ3) is 4.67. The minimum atomic E-state index is -0.501. The average molecular weight is 432 g/mol. The topological polar surface area (TPSA) is 96.8 Å². The van der Waals surface area contributed by atoms with E-state index in [2.05, 4.69) is 53.5 Å². The molecule has 27 heavy (non-hydrogen) atoms. The number of aryl methyl sites for hydroxylation is 1. The van der Waals surface area contributed by atoms with Crippen LogP contribution in [0.25, 0.3) is 0 Å². The van der Waals surface area contributed by atoms with E-state index in [-0.39, 0.29) is 5.69 Å². The van der Waals surface area contributed by atoms with Crippen LogP contribution in [0.4, 0.5) is 33.2 Å². The molecule has 0 saturated heterocycles. The zero-order chi connectivity index (χ0) is 19.4. The molecule has 0 aliphatic carbocycles. The van der Waals surface area contributed by atoms with Gasteiger partial charge in [0.25, 0.3) is 0 Å². The molecule has 3 aromatic rings. The van der Waals surface area contributed by atoms with E-state index in [4.69, 9.17) is 0 Å². The maximum atomic E-state index is 14.2. The molecule has 0 saturated carbocycles. The number of hydrogen-bond acceptors (Lipinski definition) is 6. The lowest BCUT2D eigenvalue weighted by atomic mass is 10.2. The molecule has 2 heterocycles. The summed E-state index contributed by atoms with van der Waals surface area (Å²) in [4.78, 5) is 19.9. The van der Waals surface area contributed by atoms with Crippen LogP contribution in [0.15, 0.2) is 53.9 Å². The summed E-state index contributed by atoms with van der Waals surface area (Å²) in [6, 6.07) is 4.15. The van der Waals surface area contributed by atoms with Crippen molar-refractivity contribution in [2.45, 2.75) is 0 Å². The summed E-state index contributed by atoms with van der Waals surface area (Å²) in [6.45, 7) is 3.38. The molecule has 10 heteroatoms. The molecule has 8 nitrogen and oxygen atoms in total. The summed E-state index contributed by atoms with van der Waals surface area (Å²) in [5, 5.41) is 12.5. The van der Waals surface area contributed by atoms with E-state index in [9.17, 15) is 9.18 Å². The van der Waals surface area contributed by atoms with Gasteiger partial charge in [0.1, 0.15) is 11.6 Å². The molecule has 3 rings (SSSR count). The lowest BCUT2D eigenvalue weighted by molar-refractivity contribution is -0.111. The summed E-state index contributed by atoms with van der Waals surface area (Å²) in [6.07, 6.45) is 6.07. The van der Waals surface area contributed by atoms with E-state index >= 15 is 0 Å². The second-order valence-electron chi connectivity index (χ2n) is 5.43. The Morgan fingerprint density at radius 2 is 2.11 bits per heavy atom. The van der Waals surface area contributed by atoms with Crippen molar-refractivity contribution in [1.29, 1.82) is 0 Å². The molecule has 0 fully saturated rings. The molecular formula is C17H15BrFN7O. The van der Waals surface area contributed by atoms with Gasteiger partial charge in [0.05, 0.1) is 22.0 Å². The summed E-state index contributed by atoms with van der Waals surface area (Å²) in [7, 11) is 1.79. The highest BCUT2D eigenvalue weighted by atomic mass is 79.9. The maximum Gasteiger partial charge on any atom is 0.247 e. The molecule has 0 unspecified atom stereocenters. The zero-order valence-electron chi connectivity index (χ0n) is 14.2. The van der Waals surface area contributed by atoms with E-state index in [1.165, 1.54) is 24.4 Å². The standard InChI is InChI=1S/C17H15BrFN7O/c1-3-15(27)22-10-4-5-13(19)14(6-10)24-16-12(18)8-20-17(25-16)23-11-7-21-26(2)9-11/h3-9H,1H2,2H3,(H,22,27)(H2,20,23,24,25). The molecular weight excluding hydrogens is 417 g/mol. The summed E-state index contributed by atoms with van der Waals surface area (Å²) >= 11 is 3.33. The summed E-state index contributed by atoms with van der Waals surface area (Å²) < 4.78 is 16.4. The number of carbonyl (C=O) groups excluding carboxylic acids is 1. The van der Waals surface area contributed by atoms with E-state index in [0.29, 0.717) is 27.6 Å². The number of carbonyl (C=O) groups is 1. The number of nitrogens with one attached hydrogen (secondary N) is 3. The lowest BCUT2D eigenvalue weighted by Crippen LogP contribution is -2.08. The van der Waals surface area contributed by atoms with Gasteiger partial charge in [-0.05, 0) is 40.2 Å². The fourth-order valence-corrected chi connectivity index (χ4v) is 2.44. The van der Waals surface area contributed by atoms with Crippen molar-refractivity contribution in [2.75, 3.05) is 16.0 Å². The van der Waals surface area contributed by atoms with Crippen molar-refractivity contribution in [3.63, 3.8) is 0 Å². The van der Waals surface area contributed by atoms with E-state index in [0.717, 1.165) is 6.08 Å². The Bertz CT molecular complexity index is 1000. The Morgan fingerprint density at radius 1 is 1.30 bits per heavy atom. The van der Waals surface area contributed by atoms with Gasteiger partial charge in [-0.3, -0.25) is 9.48 Å². The maximum absolute atomic E-state index is 14.2. The average Bonchev–Trinajstić information content (AvgIpc) is 3.05. The SMILES string of the molecule is C=CC(=O)Nc1ccc(F)c(Nc2nc(Nc3cnn(C)c3)ncc2Br)c1. The van der Waals surface area contributed by atoms with Crippen LogP contribution in [-0.4, -0.2) is 25.7 Å². The molecule has 0 radical (unpaired) electrons. The number of benzene rings is 1. The van der Waals surface area contributed by atoms with Crippen molar-refractivity contribution >= 4 is 50.7 Å². The first-order chi connectivity index (χ1) is 12.9. The highest BCUT2D eigenvalue weighted by Crippen LogP contribution is 2.28. The molecule has 0 spiro atoms. The number of nitrogens with zero attached hydrogens (tertiary/aromatic N) is 4. The Morgan fingerprint density at radius 3 is 2.81 bits per heavy atom. The van der Waals surface area contributed by atoms with Crippen LogP contribution in [0, 0.1) is 5.82 Å². The quantitative estimate of drug-likeness (QED) is 0.514. The summed E-state index contributed by atoms with van der Waals surface area (Å²) in [5.41, 5.74) is 1.28. The smallest absolute Gasteiger partial charge is 0.247 e. The fourth-order valence-electron chi connectivity index (χ4n) is 2.15. The molecule has 1 aromatic carbocycles. The minimum absolute atomic E-state index is 0.142. The normalized spacial score (nSPS) is 10.3. The molecule has 0 bridgehead atoms. The monoisotopic (exact) mass is 431 g/mol. The van der Waals surface area contributed by atoms with Crippen molar-refractivity contribution in [2.24, 2.45) is 7.05 Å². The first-order valence-corrected chi connectivity index (χ1v) is 8.52. The van der Waals surface area contributed by atoms with Crippen LogP contribution in [0.2, 0.25) is 0 Å². The first-order valence-electron chi connectivity index (χ1n) is 7.73. The van der Waals surface area contributed by atoms with E-state index in [1.54, 1.807) is 24.1 Å². The Labute approximate surface area is 162 Å². The minimum Gasteiger partial charge on any atom is -0.337 e. The van der Waals surface area contributed by atoms with Crippen LogP contribution >= 0.6 is 15.9 Å². The Balaban J connectivity index is 1.84. The Kier molecular flexibility index (Phi) is 5.46. The van der Waals surface area contributed by atoms with Gasteiger partial charge in [-0.1, -0.05) is 6.58 Å². The zero-order valence-corrected chi connectivity index (χ0v) is 15.8. The fraction of sp³-hybridized carbons (Fsp3) is 0.0588. The largest absolute Gasteiger partial charge is 0.337 e. The van der Waals surface area contributed by atoms with Gasteiger partial charge < -0.3 is 16.0 Å². The van der Waals surface area contributed by atoms with E-state index in [1.807, 2.05) is 0 Å². The number of anilines is 5. The lowest BCUT2D eigenvalue weighted by Gasteiger charge is -2.12. The third-order valence-electron chi connectivity index (χ3n) is 3.38. The van der Waals surface area contributed by atoms with Crippen LogP contribution < -0.4 is 16.0 Å². The summed E-state index contributed by atoms with van der Waals surface area (Å²) in [5.74, 6) is -0.231. The molecule has 0 aliphatic heterocycles. The van der Waals surface area contributed by atoms with Gasteiger partial charge >= 0.3 is 0 Å². The second-order valence-corrected chi connectivity index (χ2v) is 6.29. The molecule has 0 aliphatic rings. The van der Waals surface area contributed by atoms with Gasteiger partial charge in [-0.25, -0.2) is 9.37 Å². The molecule has 3 N–H and O–H groups in total. The second kappa shape index (κ2) is 7.96. The molecule has 138 valence electrons. The van der Waals surface area contributed by atoms with Gasteiger partial charge in [-0.2, -0.15) is 10.1 Å². The number of halogens is 2. The van der Waals surface area contributed by atoms with Crippen molar-refractivity contribution in [1.82, 2.24) is 19.7 Å². The number of amides is 1. The third-order valence-corrected chi connectivity index (χ3v) is 3.96. The Hall–Kier alpha value is -3.27. The van der Waals surface area contributed by atoms with Crippen LogP contribution in [-0.2, 0) is 11.8 Å². The van der Waals surface area contributed by atoms with Gasteiger partial charge in [-0.15, -0.1) is 0 Å². The highest BCUT2D eigenvalue weighted by Gasteiger charge is 2.11. The van der Waals surface area contributed by atoms with Gasteiger partial charge in [0.2, 0.25) is 11.9 Å². The molecule has 2 aromatic heterocycles. The predicted octanol–water partition coefficient (Wildman–Crippen LogP) is 3.72. The van der Waals surface area contributed by atoms with Crippen LogP contribution in [0.1, 0.15) is 0 Å². The number of aromatic nitrogens is 4.